The van der Waals surface area contributed by atoms with Crippen LogP contribution in [0.1, 0.15) is 29.6 Å². The van der Waals surface area contributed by atoms with Crippen LogP contribution in [0, 0.1) is 0 Å². The molecule has 0 aliphatic heterocycles. The first kappa shape index (κ1) is 20.1. The van der Waals surface area contributed by atoms with Gasteiger partial charge in [-0.3, -0.25) is 4.79 Å². The molecule has 0 radical (unpaired) electrons. The van der Waals surface area contributed by atoms with Crippen molar-refractivity contribution in [3.8, 4) is 17.1 Å². The van der Waals surface area contributed by atoms with Gasteiger partial charge in [0.2, 0.25) is 17.6 Å². The number of carbonyl (C=O) groups excluding carboxylic acids is 2. The van der Waals surface area contributed by atoms with Gasteiger partial charge < -0.3 is 19.3 Å². The number of aromatic nitrogens is 2. The zero-order chi connectivity index (χ0) is 20.6. The minimum absolute atomic E-state index is 0.126. The fourth-order valence-electron chi connectivity index (χ4n) is 2.63. The number of amides is 1. The van der Waals surface area contributed by atoms with Crippen LogP contribution >= 0.6 is 0 Å². The Morgan fingerprint density at radius 3 is 2.59 bits per heavy atom. The van der Waals surface area contributed by atoms with Crippen LogP contribution in [0.2, 0.25) is 0 Å². The highest BCUT2D eigenvalue weighted by atomic mass is 16.5. The number of nitrogens with zero attached hydrogens (tertiary/aromatic N) is 2. The molecule has 0 bridgehead atoms. The predicted octanol–water partition coefficient (Wildman–Crippen LogP) is 3.49. The lowest BCUT2D eigenvalue weighted by atomic mass is 10.1. The molecule has 1 heterocycles. The van der Waals surface area contributed by atoms with E-state index in [0.717, 1.165) is 11.3 Å². The molecule has 1 aromatic heterocycles. The van der Waals surface area contributed by atoms with E-state index >= 15 is 0 Å². The van der Waals surface area contributed by atoms with E-state index in [0.29, 0.717) is 23.0 Å². The second-order valence-electron chi connectivity index (χ2n) is 6.05. The Hall–Kier alpha value is -3.68. The van der Waals surface area contributed by atoms with E-state index in [1.165, 1.54) is 0 Å². The van der Waals surface area contributed by atoms with E-state index in [-0.39, 0.29) is 25.4 Å². The van der Waals surface area contributed by atoms with Crippen molar-refractivity contribution in [1.29, 1.82) is 0 Å². The molecule has 29 heavy (non-hydrogen) atoms. The Morgan fingerprint density at radius 1 is 1.10 bits per heavy atom. The second kappa shape index (κ2) is 9.50. The first-order valence-corrected chi connectivity index (χ1v) is 9.13. The summed E-state index contributed by atoms with van der Waals surface area (Å²) in [7, 11) is 1.59. The van der Waals surface area contributed by atoms with Gasteiger partial charge in [0.15, 0.2) is 0 Å². The van der Waals surface area contributed by atoms with E-state index in [9.17, 15) is 9.59 Å². The van der Waals surface area contributed by atoms with Crippen LogP contribution < -0.4 is 10.1 Å². The number of esters is 1. The molecule has 150 valence electrons. The van der Waals surface area contributed by atoms with Crippen LogP contribution in [0.25, 0.3) is 11.4 Å². The van der Waals surface area contributed by atoms with Gasteiger partial charge in [0.1, 0.15) is 5.75 Å². The number of rotatable bonds is 8. The normalized spacial score (nSPS) is 10.4. The number of ether oxygens (including phenoxy) is 2. The van der Waals surface area contributed by atoms with Crippen molar-refractivity contribution in [3.63, 3.8) is 0 Å². The molecule has 0 saturated carbocycles. The summed E-state index contributed by atoms with van der Waals surface area (Å²) in [6, 6.07) is 14.0. The number of hydrogen-bond donors (Lipinski definition) is 1. The van der Waals surface area contributed by atoms with Crippen LogP contribution in [0.5, 0.6) is 5.75 Å². The SMILES string of the molecule is CCOC(=O)c1ccccc1NC(=O)CCc1nc(-c2ccc(OC)cc2)no1. The topological polar surface area (TPSA) is 104 Å². The quantitative estimate of drug-likeness (QED) is 0.582. The summed E-state index contributed by atoms with van der Waals surface area (Å²) >= 11 is 0. The molecule has 0 spiro atoms. The molecule has 1 amide bonds. The number of benzene rings is 2. The monoisotopic (exact) mass is 395 g/mol. The Labute approximate surface area is 167 Å². The maximum atomic E-state index is 12.3. The molecule has 0 atom stereocenters. The highest BCUT2D eigenvalue weighted by Crippen LogP contribution is 2.20. The molecule has 0 unspecified atom stereocenters. The van der Waals surface area contributed by atoms with E-state index < -0.39 is 5.97 Å². The highest BCUT2D eigenvalue weighted by Gasteiger charge is 2.15. The van der Waals surface area contributed by atoms with Crippen LogP contribution in [0.4, 0.5) is 5.69 Å². The number of hydrogen-bond acceptors (Lipinski definition) is 7. The summed E-state index contributed by atoms with van der Waals surface area (Å²) in [4.78, 5) is 28.6. The molecular weight excluding hydrogens is 374 g/mol. The summed E-state index contributed by atoms with van der Waals surface area (Å²) in [5.41, 5.74) is 1.50. The molecule has 0 aliphatic carbocycles. The van der Waals surface area contributed by atoms with E-state index in [4.69, 9.17) is 14.0 Å². The Balaban J connectivity index is 1.59. The van der Waals surface area contributed by atoms with E-state index in [1.807, 2.05) is 12.1 Å². The lowest BCUT2D eigenvalue weighted by Gasteiger charge is -2.09. The summed E-state index contributed by atoms with van der Waals surface area (Å²) in [6.07, 6.45) is 0.401. The second-order valence-corrected chi connectivity index (χ2v) is 6.05. The lowest BCUT2D eigenvalue weighted by Crippen LogP contribution is -2.16. The number of methoxy groups -OCH3 is 1. The van der Waals surface area contributed by atoms with E-state index in [2.05, 4.69) is 15.5 Å². The van der Waals surface area contributed by atoms with Crippen molar-refractivity contribution in [2.45, 2.75) is 19.8 Å². The third-order valence-corrected chi connectivity index (χ3v) is 4.08. The molecule has 1 N–H and O–H groups in total. The summed E-state index contributed by atoms with van der Waals surface area (Å²) < 4.78 is 15.4. The Bertz CT molecular complexity index is 982. The fraction of sp³-hybridized carbons (Fsp3) is 0.238. The van der Waals surface area contributed by atoms with Gasteiger partial charge in [0.25, 0.3) is 0 Å². The van der Waals surface area contributed by atoms with E-state index in [1.54, 1.807) is 50.4 Å². The van der Waals surface area contributed by atoms with Gasteiger partial charge in [0.05, 0.1) is 25.0 Å². The smallest absolute Gasteiger partial charge is 0.340 e. The predicted molar refractivity (Wildman–Crippen MR) is 106 cm³/mol. The molecule has 8 heteroatoms. The Morgan fingerprint density at radius 2 is 1.86 bits per heavy atom. The van der Waals surface area contributed by atoms with Crippen molar-refractivity contribution in [3.05, 3.63) is 60.0 Å². The van der Waals surface area contributed by atoms with Crippen molar-refractivity contribution in [2.24, 2.45) is 0 Å². The van der Waals surface area contributed by atoms with Gasteiger partial charge in [-0.1, -0.05) is 17.3 Å². The molecule has 0 fully saturated rings. The molecule has 3 aromatic rings. The van der Waals surface area contributed by atoms with Gasteiger partial charge in [-0.05, 0) is 43.3 Å². The van der Waals surface area contributed by atoms with Gasteiger partial charge >= 0.3 is 5.97 Å². The molecule has 2 aromatic carbocycles. The van der Waals surface area contributed by atoms with Crippen LogP contribution in [0.15, 0.2) is 53.1 Å². The Kier molecular flexibility index (Phi) is 6.57. The zero-order valence-corrected chi connectivity index (χ0v) is 16.2. The van der Waals surface area contributed by atoms with Gasteiger partial charge in [-0.25, -0.2) is 4.79 Å². The summed E-state index contributed by atoms with van der Waals surface area (Å²) in [5.74, 6) is 0.771. The number of nitrogens with one attached hydrogen (secondary N) is 1. The third kappa shape index (κ3) is 5.19. The first-order valence-electron chi connectivity index (χ1n) is 9.13. The van der Waals surface area contributed by atoms with Gasteiger partial charge in [-0.15, -0.1) is 0 Å². The molecule has 0 aliphatic rings. The average Bonchev–Trinajstić information content (AvgIpc) is 3.22. The standard InChI is InChI=1S/C21H21N3O5/c1-3-28-21(26)16-6-4-5-7-17(16)22-18(25)12-13-19-23-20(24-29-19)14-8-10-15(27-2)11-9-14/h4-11H,3,12-13H2,1-2H3,(H,22,25). The maximum Gasteiger partial charge on any atom is 0.340 e. The fourth-order valence-corrected chi connectivity index (χ4v) is 2.63. The van der Waals surface area contributed by atoms with Crippen LogP contribution in [-0.2, 0) is 16.0 Å². The minimum atomic E-state index is -0.482. The van der Waals surface area contributed by atoms with Crippen molar-refractivity contribution in [2.75, 3.05) is 19.0 Å². The van der Waals surface area contributed by atoms with Crippen molar-refractivity contribution >= 4 is 17.6 Å². The van der Waals surface area contributed by atoms with Crippen molar-refractivity contribution in [1.82, 2.24) is 10.1 Å². The van der Waals surface area contributed by atoms with Crippen LogP contribution in [0.3, 0.4) is 0 Å². The number of aryl methyl sites for hydroxylation is 1. The summed E-state index contributed by atoms with van der Waals surface area (Å²) in [6.45, 7) is 1.98. The van der Waals surface area contributed by atoms with Crippen LogP contribution in [-0.4, -0.2) is 35.7 Å². The molecule has 8 nitrogen and oxygen atoms in total. The van der Waals surface area contributed by atoms with Gasteiger partial charge in [0, 0.05) is 18.4 Å². The third-order valence-electron chi connectivity index (χ3n) is 4.08. The first-order chi connectivity index (χ1) is 14.1. The average molecular weight is 395 g/mol. The number of carbonyl (C=O) groups is 2. The van der Waals surface area contributed by atoms with Crippen molar-refractivity contribution < 1.29 is 23.6 Å². The molecular formula is C21H21N3O5. The minimum Gasteiger partial charge on any atom is -0.497 e. The number of para-hydroxylation sites is 1. The highest BCUT2D eigenvalue weighted by molar-refractivity contribution is 6.01. The molecule has 3 rings (SSSR count). The maximum absolute atomic E-state index is 12.3. The largest absolute Gasteiger partial charge is 0.497 e. The number of anilines is 1. The summed E-state index contributed by atoms with van der Waals surface area (Å²) in [5, 5.41) is 6.67. The molecule has 0 saturated heterocycles. The lowest BCUT2D eigenvalue weighted by molar-refractivity contribution is -0.116. The zero-order valence-electron chi connectivity index (χ0n) is 16.2. The van der Waals surface area contributed by atoms with Gasteiger partial charge in [-0.2, -0.15) is 4.98 Å².